The second kappa shape index (κ2) is 11.3. The van der Waals surface area contributed by atoms with Crippen molar-refractivity contribution in [1.82, 2.24) is 20.0 Å². The van der Waals surface area contributed by atoms with Gasteiger partial charge in [-0.2, -0.15) is 5.10 Å². The van der Waals surface area contributed by atoms with Gasteiger partial charge in [0.15, 0.2) is 11.5 Å². The Morgan fingerprint density at radius 3 is 2.66 bits per heavy atom. The van der Waals surface area contributed by atoms with Crippen molar-refractivity contribution in [3.8, 4) is 11.5 Å². The molecule has 2 fully saturated rings. The fourth-order valence-electron chi connectivity index (χ4n) is 4.68. The van der Waals surface area contributed by atoms with Crippen LogP contribution in [0.25, 0.3) is 0 Å². The highest BCUT2D eigenvalue weighted by Crippen LogP contribution is 2.39. The lowest BCUT2D eigenvalue weighted by Crippen LogP contribution is -2.44. The first-order valence-corrected chi connectivity index (χ1v) is 13.0. The lowest BCUT2D eigenvalue weighted by molar-refractivity contribution is -0.0124. The lowest BCUT2D eigenvalue weighted by atomic mass is 10.1. The van der Waals surface area contributed by atoms with E-state index >= 15 is 0 Å². The van der Waals surface area contributed by atoms with Gasteiger partial charge in [-0.05, 0) is 49.6 Å². The normalized spacial score (nSPS) is 17.2. The standard InChI is InChI=1S/C29H34N4O5/c1-19-17-33(13-14-37-19)29(35)22-9-7-20(8-10-22)18-38-26-6-4-5-23(27(26)36-3)16-30-28(34)25-15-24(21-11-12-21)31-32(25)2/h4-10,15,19,21H,11-14,16-18H2,1-3H3,(H,30,34). The number of amides is 2. The Kier molecular flexibility index (Phi) is 7.64. The SMILES string of the molecule is COc1c(CNC(=O)c2cc(C3CC3)nn2C)cccc1OCc1ccc(C(=O)N2CCOC(C)C2)cc1. The topological polar surface area (TPSA) is 94.9 Å². The molecule has 5 rings (SSSR count). The Labute approximate surface area is 222 Å². The molecule has 38 heavy (non-hydrogen) atoms. The van der Waals surface area contributed by atoms with Gasteiger partial charge in [0.1, 0.15) is 12.3 Å². The van der Waals surface area contributed by atoms with Crippen LogP contribution in [0.4, 0.5) is 0 Å². The quantitative estimate of drug-likeness (QED) is 0.465. The van der Waals surface area contributed by atoms with E-state index in [4.69, 9.17) is 14.2 Å². The molecule has 1 N–H and O–H groups in total. The number of aryl methyl sites for hydroxylation is 1. The van der Waals surface area contributed by atoms with Crippen molar-refractivity contribution in [1.29, 1.82) is 0 Å². The number of hydrogen-bond donors (Lipinski definition) is 1. The minimum absolute atomic E-state index is 0.0129. The van der Waals surface area contributed by atoms with E-state index in [1.165, 1.54) is 0 Å². The Balaban J connectivity index is 1.19. The van der Waals surface area contributed by atoms with Crippen LogP contribution in [0.15, 0.2) is 48.5 Å². The summed E-state index contributed by atoms with van der Waals surface area (Å²) in [6.45, 7) is 4.35. The molecule has 1 aliphatic heterocycles. The van der Waals surface area contributed by atoms with Crippen molar-refractivity contribution in [3.63, 3.8) is 0 Å². The zero-order valence-electron chi connectivity index (χ0n) is 22.1. The molecule has 1 saturated carbocycles. The monoisotopic (exact) mass is 518 g/mol. The maximum Gasteiger partial charge on any atom is 0.269 e. The number of carbonyl (C=O) groups is 2. The van der Waals surface area contributed by atoms with E-state index in [0.717, 1.165) is 29.7 Å². The molecular weight excluding hydrogens is 484 g/mol. The van der Waals surface area contributed by atoms with Gasteiger partial charge in [0, 0.05) is 43.7 Å². The van der Waals surface area contributed by atoms with Gasteiger partial charge in [0.05, 0.1) is 25.5 Å². The average molecular weight is 519 g/mol. The van der Waals surface area contributed by atoms with E-state index in [1.807, 2.05) is 60.4 Å². The van der Waals surface area contributed by atoms with Crippen LogP contribution >= 0.6 is 0 Å². The number of ether oxygens (including phenoxy) is 3. The second-order valence-electron chi connectivity index (χ2n) is 9.90. The predicted molar refractivity (Wildman–Crippen MR) is 141 cm³/mol. The maximum atomic E-state index is 12.8. The predicted octanol–water partition coefficient (Wildman–Crippen LogP) is 3.68. The number of para-hydroxylation sites is 1. The number of hydrogen-bond acceptors (Lipinski definition) is 6. The number of aromatic nitrogens is 2. The molecule has 0 radical (unpaired) electrons. The van der Waals surface area contributed by atoms with Gasteiger partial charge < -0.3 is 24.4 Å². The highest BCUT2D eigenvalue weighted by Gasteiger charge is 2.28. The summed E-state index contributed by atoms with van der Waals surface area (Å²) in [4.78, 5) is 27.4. The van der Waals surface area contributed by atoms with Gasteiger partial charge in [0.25, 0.3) is 11.8 Å². The molecular formula is C29H34N4O5. The van der Waals surface area contributed by atoms with Crippen molar-refractivity contribution >= 4 is 11.8 Å². The highest BCUT2D eigenvalue weighted by molar-refractivity contribution is 5.94. The summed E-state index contributed by atoms with van der Waals surface area (Å²) >= 11 is 0. The van der Waals surface area contributed by atoms with Crippen molar-refractivity contribution in [3.05, 3.63) is 76.6 Å². The molecule has 9 heteroatoms. The van der Waals surface area contributed by atoms with Crippen LogP contribution in [0.2, 0.25) is 0 Å². The summed E-state index contributed by atoms with van der Waals surface area (Å²) in [7, 11) is 3.38. The Morgan fingerprint density at radius 2 is 1.95 bits per heavy atom. The van der Waals surface area contributed by atoms with Gasteiger partial charge in [0.2, 0.25) is 0 Å². The average Bonchev–Trinajstić information content (AvgIpc) is 3.71. The zero-order chi connectivity index (χ0) is 26.6. The van der Waals surface area contributed by atoms with Crippen molar-refractivity contribution in [2.24, 2.45) is 7.05 Å². The molecule has 9 nitrogen and oxygen atoms in total. The summed E-state index contributed by atoms with van der Waals surface area (Å²) in [5, 5.41) is 7.45. The largest absolute Gasteiger partial charge is 0.493 e. The maximum absolute atomic E-state index is 12.8. The van der Waals surface area contributed by atoms with Gasteiger partial charge >= 0.3 is 0 Å². The van der Waals surface area contributed by atoms with Crippen LogP contribution in [0, 0.1) is 0 Å². The number of rotatable bonds is 9. The Hall–Kier alpha value is -3.85. The number of nitrogens with one attached hydrogen (secondary N) is 1. The molecule has 1 aliphatic carbocycles. The molecule has 1 saturated heterocycles. The van der Waals surface area contributed by atoms with E-state index < -0.39 is 0 Å². The van der Waals surface area contributed by atoms with Gasteiger partial charge in [-0.15, -0.1) is 0 Å². The van der Waals surface area contributed by atoms with Crippen LogP contribution in [0.3, 0.4) is 0 Å². The van der Waals surface area contributed by atoms with E-state index in [1.54, 1.807) is 18.8 Å². The fraction of sp³-hybridized carbons (Fsp3) is 0.414. The van der Waals surface area contributed by atoms with Crippen molar-refractivity contribution in [2.75, 3.05) is 26.8 Å². The third-order valence-electron chi connectivity index (χ3n) is 6.95. The molecule has 2 aromatic carbocycles. The van der Waals surface area contributed by atoms with Crippen LogP contribution in [-0.4, -0.2) is 59.4 Å². The molecule has 1 unspecified atom stereocenters. The molecule has 0 spiro atoms. The minimum Gasteiger partial charge on any atom is -0.493 e. The number of nitrogens with zero attached hydrogens (tertiary/aromatic N) is 3. The van der Waals surface area contributed by atoms with E-state index in [-0.39, 0.29) is 17.9 Å². The van der Waals surface area contributed by atoms with E-state index in [9.17, 15) is 9.59 Å². The van der Waals surface area contributed by atoms with Crippen LogP contribution < -0.4 is 14.8 Å². The Bertz CT molecular complexity index is 1300. The smallest absolute Gasteiger partial charge is 0.269 e. The zero-order valence-corrected chi connectivity index (χ0v) is 22.1. The highest BCUT2D eigenvalue weighted by atomic mass is 16.5. The van der Waals surface area contributed by atoms with Gasteiger partial charge in [-0.25, -0.2) is 0 Å². The lowest BCUT2D eigenvalue weighted by Gasteiger charge is -2.31. The van der Waals surface area contributed by atoms with Gasteiger partial charge in [-0.3, -0.25) is 14.3 Å². The molecule has 200 valence electrons. The first-order chi connectivity index (χ1) is 18.4. The second-order valence-corrected chi connectivity index (χ2v) is 9.90. The summed E-state index contributed by atoms with van der Waals surface area (Å²) in [5.41, 5.74) is 3.92. The summed E-state index contributed by atoms with van der Waals surface area (Å²) in [6, 6.07) is 15.0. The van der Waals surface area contributed by atoms with Crippen LogP contribution in [0.1, 0.15) is 63.4 Å². The summed E-state index contributed by atoms with van der Waals surface area (Å²) in [6.07, 6.45) is 2.32. The van der Waals surface area contributed by atoms with Crippen LogP contribution in [-0.2, 0) is 24.9 Å². The molecule has 3 aromatic rings. The first-order valence-electron chi connectivity index (χ1n) is 13.0. The fourth-order valence-corrected chi connectivity index (χ4v) is 4.68. The molecule has 2 heterocycles. The molecule has 1 atom stereocenters. The molecule has 1 aromatic heterocycles. The summed E-state index contributed by atoms with van der Waals surface area (Å²) < 4.78 is 18.9. The molecule has 2 amide bonds. The number of benzene rings is 2. The number of carbonyl (C=O) groups excluding carboxylic acids is 2. The van der Waals surface area contributed by atoms with Crippen molar-refractivity contribution in [2.45, 2.75) is 44.9 Å². The van der Waals surface area contributed by atoms with Crippen molar-refractivity contribution < 1.29 is 23.8 Å². The van der Waals surface area contributed by atoms with E-state index in [0.29, 0.717) is 61.5 Å². The molecule has 2 aliphatic rings. The minimum atomic E-state index is -0.179. The number of morpholine rings is 1. The Morgan fingerprint density at radius 1 is 1.16 bits per heavy atom. The third kappa shape index (κ3) is 5.83. The molecule has 0 bridgehead atoms. The first kappa shape index (κ1) is 25.8. The van der Waals surface area contributed by atoms with Crippen LogP contribution in [0.5, 0.6) is 11.5 Å². The van der Waals surface area contributed by atoms with Gasteiger partial charge in [-0.1, -0.05) is 24.3 Å². The van der Waals surface area contributed by atoms with E-state index in [2.05, 4.69) is 10.4 Å². The summed E-state index contributed by atoms with van der Waals surface area (Å²) in [5.74, 6) is 1.48. The number of methoxy groups -OCH3 is 1. The third-order valence-corrected chi connectivity index (χ3v) is 6.95.